The summed E-state index contributed by atoms with van der Waals surface area (Å²) in [6.07, 6.45) is 0. The first-order valence-corrected chi connectivity index (χ1v) is 6.75. The summed E-state index contributed by atoms with van der Waals surface area (Å²) in [5, 5.41) is 0. The summed E-state index contributed by atoms with van der Waals surface area (Å²) in [5.41, 5.74) is 8.21. The quantitative estimate of drug-likeness (QED) is 0.925. The largest absolute Gasteiger partial charge is 0.488 e. The van der Waals surface area contributed by atoms with E-state index in [0.29, 0.717) is 13.2 Å². The normalized spacial score (nSPS) is 10.5. The van der Waals surface area contributed by atoms with Gasteiger partial charge in [-0.25, -0.2) is 4.39 Å². The van der Waals surface area contributed by atoms with Gasteiger partial charge in [-0.05, 0) is 63.8 Å². The Morgan fingerprint density at radius 1 is 1.16 bits per heavy atom. The molecular weight excluding hydrogens is 309 g/mol. The molecule has 0 aromatic heterocycles. The molecule has 0 saturated carbocycles. The molecule has 0 fully saturated rings. The molecule has 2 rings (SSSR count). The van der Waals surface area contributed by atoms with Gasteiger partial charge in [-0.3, -0.25) is 0 Å². The van der Waals surface area contributed by atoms with Gasteiger partial charge in [0.2, 0.25) is 0 Å². The van der Waals surface area contributed by atoms with Crippen molar-refractivity contribution in [3.05, 3.63) is 63.4 Å². The van der Waals surface area contributed by atoms with E-state index in [2.05, 4.69) is 15.9 Å². The Morgan fingerprint density at radius 2 is 1.89 bits per heavy atom. The molecular formula is C15H15BrFNO. The molecule has 2 aromatic carbocycles. The summed E-state index contributed by atoms with van der Waals surface area (Å²) in [5.74, 6) is 0.452. The van der Waals surface area contributed by atoms with Crippen molar-refractivity contribution >= 4 is 15.9 Å². The minimum Gasteiger partial charge on any atom is -0.488 e. The maximum Gasteiger partial charge on any atom is 0.134 e. The van der Waals surface area contributed by atoms with Crippen LogP contribution in [0, 0.1) is 12.7 Å². The van der Waals surface area contributed by atoms with Gasteiger partial charge in [0.15, 0.2) is 0 Å². The minimum absolute atomic E-state index is 0.287. The lowest BCUT2D eigenvalue weighted by atomic mass is 10.1. The van der Waals surface area contributed by atoms with Crippen molar-refractivity contribution in [2.24, 2.45) is 5.73 Å². The lowest BCUT2D eigenvalue weighted by molar-refractivity contribution is 0.303. The van der Waals surface area contributed by atoms with E-state index < -0.39 is 0 Å². The van der Waals surface area contributed by atoms with Crippen molar-refractivity contribution in [2.45, 2.75) is 20.1 Å². The molecule has 4 heteroatoms. The predicted octanol–water partition coefficient (Wildman–Crippen LogP) is 3.93. The minimum atomic E-state index is -0.287. The monoisotopic (exact) mass is 323 g/mol. The first-order valence-electron chi connectivity index (χ1n) is 5.96. The summed E-state index contributed by atoms with van der Waals surface area (Å²) < 4.78 is 19.9. The molecule has 19 heavy (non-hydrogen) atoms. The number of nitrogens with two attached hydrogens (primary N) is 1. The average Bonchev–Trinajstić information content (AvgIpc) is 2.37. The summed E-state index contributed by atoms with van der Waals surface area (Å²) in [4.78, 5) is 0. The van der Waals surface area contributed by atoms with E-state index in [9.17, 15) is 4.39 Å². The summed E-state index contributed by atoms with van der Waals surface area (Å²) >= 11 is 3.44. The fourth-order valence-corrected chi connectivity index (χ4v) is 2.41. The third kappa shape index (κ3) is 3.78. The van der Waals surface area contributed by atoms with E-state index in [-0.39, 0.29) is 5.82 Å². The first kappa shape index (κ1) is 14.0. The number of rotatable bonds is 4. The van der Waals surface area contributed by atoms with Crippen molar-refractivity contribution < 1.29 is 9.13 Å². The zero-order chi connectivity index (χ0) is 13.8. The van der Waals surface area contributed by atoms with Crippen LogP contribution in [0.25, 0.3) is 0 Å². The van der Waals surface area contributed by atoms with Gasteiger partial charge in [0.25, 0.3) is 0 Å². The first-order chi connectivity index (χ1) is 9.08. The lowest BCUT2D eigenvalue weighted by Crippen LogP contribution is -2.01. The highest BCUT2D eigenvalue weighted by atomic mass is 79.9. The SMILES string of the molecule is Cc1ccc(OCc2cc(F)cc(CN)c2)c(Br)c1. The predicted molar refractivity (Wildman–Crippen MR) is 77.5 cm³/mol. The summed E-state index contributed by atoms with van der Waals surface area (Å²) in [6, 6.07) is 10.6. The molecule has 0 unspecified atom stereocenters. The second kappa shape index (κ2) is 6.17. The lowest BCUT2D eigenvalue weighted by Gasteiger charge is -2.10. The maximum absolute atomic E-state index is 13.4. The third-order valence-corrected chi connectivity index (χ3v) is 3.35. The zero-order valence-corrected chi connectivity index (χ0v) is 12.2. The van der Waals surface area contributed by atoms with Crippen LogP contribution >= 0.6 is 15.9 Å². The van der Waals surface area contributed by atoms with E-state index in [4.69, 9.17) is 10.5 Å². The molecule has 0 radical (unpaired) electrons. The van der Waals surface area contributed by atoms with Gasteiger partial charge >= 0.3 is 0 Å². The van der Waals surface area contributed by atoms with Crippen molar-refractivity contribution in [2.75, 3.05) is 0 Å². The highest BCUT2D eigenvalue weighted by Gasteiger charge is 2.04. The van der Waals surface area contributed by atoms with Crippen LogP contribution in [0.3, 0.4) is 0 Å². The molecule has 0 atom stereocenters. The van der Waals surface area contributed by atoms with Crippen LogP contribution < -0.4 is 10.5 Å². The van der Waals surface area contributed by atoms with Crippen molar-refractivity contribution in [3.8, 4) is 5.75 Å². The van der Waals surface area contributed by atoms with Gasteiger partial charge in [-0.15, -0.1) is 0 Å². The summed E-state index contributed by atoms with van der Waals surface area (Å²) in [6.45, 7) is 2.64. The van der Waals surface area contributed by atoms with Crippen LogP contribution in [0.4, 0.5) is 4.39 Å². The zero-order valence-electron chi connectivity index (χ0n) is 10.6. The number of ether oxygens (including phenoxy) is 1. The van der Waals surface area contributed by atoms with Gasteiger partial charge in [-0.1, -0.05) is 12.1 Å². The van der Waals surface area contributed by atoms with E-state index >= 15 is 0 Å². The maximum atomic E-state index is 13.4. The number of hydrogen-bond acceptors (Lipinski definition) is 2. The van der Waals surface area contributed by atoms with Crippen LogP contribution in [0.1, 0.15) is 16.7 Å². The van der Waals surface area contributed by atoms with Gasteiger partial charge in [0.1, 0.15) is 18.2 Å². The molecule has 0 heterocycles. The molecule has 0 bridgehead atoms. The van der Waals surface area contributed by atoms with E-state index in [0.717, 1.165) is 26.9 Å². The van der Waals surface area contributed by atoms with Gasteiger partial charge in [0, 0.05) is 6.54 Å². The van der Waals surface area contributed by atoms with Crippen molar-refractivity contribution in [1.82, 2.24) is 0 Å². The van der Waals surface area contributed by atoms with Crippen LogP contribution in [0.15, 0.2) is 40.9 Å². The topological polar surface area (TPSA) is 35.2 Å². The highest BCUT2D eigenvalue weighted by molar-refractivity contribution is 9.10. The molecule has 100 valence electrons. The Kier molecular flexibility index (Phi) is 4.56. The fourth-order valence-electron chi connectivity index (χ4n) is 1.80. The van der Waals surface area contributed by atoms with Gasteiger partial charge in [-0.2, -0.15) is 0 Å². The smallest absolute Gasteiger partial charge is 0.134 e. The Bertz CT molecular complexity index is 586. The number of halogens is 2. The van der Waals surface area contributed by atoms with Crippen molar-refractivity contribution in [1.29, 1.82) is 0 Å². The van der Waals surface area contributed by atoms with E-state index in [1.54, 1.807) is 0 Å². The summed E-state index contributed by atoms with van der Waals surface area (Å²) in [7, 11) is 0. The molecule has 0 aliphatic rings. The van der Waals surface area contributed by atoms with Gasteiger partial charge < -0.3 is 10.5 Å². The van der Waals surface area contributed by atoms with Crippen LogP contribution in [-0.4, -0.2) is 0 Å². The number of hydrogen-bond donors (Lipinski definition) is 1. The second-order valence-electron chi connectivity index (χ2n) is 4.39. The molecule has 0 aliphatic heterocycles. The Balaban J connectivity index is 2.12. The van der Waals surface area contributed by atoms with Crippen LogP contribution in [0.2, 0.25) is 0 Å². The van der Waals surface area contributed by atoms with E-state index in [1.165, 1.54) is 12.1 Å². The van der Waals surface area contributed by atoms with Crippen LogP contribution in [0.5, 0.6) is 5.75 Å². The molecule has 0 spiro atoms. The average molecular weight is 324 g/mol. The molecule has 2 N–H and O–H groups in total. The van der Waals surface area contributed by atoms with Gasteiger partial charge in [0.05, 0.1) is 4.47 Å². The molecule has 0 saturated heterocycles. The van der Waals surface area contributed by atoms with E-state index in [1.807, 2.05) is 31.2 Å². The second-order valence-corrected chi connectivity index (χ2v) is 5.25. The molecule has 0 aliphatic carbocycles. The molecule has 2 nitrogen and oxygen atoms in total. The molecule has 0 amide bonds. The molecule has 2 aromatic rings. The number of aryl methyl sites for hydroxylation is 1. The standard InChI is InChI=1S/C15H15BrFNO/c1-10-2-3-15(14(16)4-10)19-9-12-5-11(8-18)6-13(17)7-12/h2-7H,8-9,18H2,1H3. The Labute approximate surface area is 120 Å². The highest BCUT2D eigenvalue weighted by Crippen LogP contribution is 2.26. The Morgan fingerprint density at radius 3 is 2.58 bits per heavy atom. The third-order valence-electron chi connectivity index (χ3n) is 2.73. The fraction of sp³-hybridized carbons (Fsp3) is 0.200. The Hall–Kier alpha value is -1.39. The van der Waals surface area contributed by atoms with Crippen molar-refractivity contribution in [3.63, 3.8) is 0 Å². The number of benzene rings is 2. The van der Waals surface area contributed by atoms with Crippen LogP contribution in [-0.2, 0) is 13.2 Å².